The quantitative estimate of drug-likeness (QED) is 0.597. The summed E-state index contributed by atoms with van der Waals surface area (Å²) >= 11 is 0. The first-order chi connectivity index (χ1) is 10.6. The molecule has 0 radical (unpaired) electrons. The predicted molar refractivity (Wildman–Crippen MR) is 90.4 cm³/mol. The molecule has 1 aromatic rings. The van der Waals surface area contributed by atoms with Crippen molar-refractivity contribution < 1.29 is 13.2 Å². The largest absolute Gasteiger partial charge is 0.381 e. The van der Waals surface area contributed by atoms with Crippen LogP contribution in [0.15, 0.2) is 35.2 Å². The number of nitrogens with one attached hydrogen (secondary N) is 1. The highest BCUT2D eigenvalue weighted by Crippen LogP contribution is 2.13. The summed E-state index contributed by atoms with van der Waals surface area (Å²) < 4.78 is 32.2. The minimum absolute atomic E-state index is 0.307. The van der Waals surface area contributed by atoms with E-state index in [1.54, 1.807) is 30.3 Å². The molecule has 0 saturated carbocycles. The summed E-state index contributed by atoms with van der Waals surface area (Å²) in [5.41, 5.74) is 0. The Labute approximate surface area is 135 Å². The molecule has 0 aromatic heterocycles. The van der Waals surface area contributed by atoms with Gasteiger partial charge < -0.3 is 4.74 Å². The van der Waals surface area contributed by atoms with Crippen LogP contribution in [0.4, 0.5) is 0 Å². The SMILES string of the molecule is CCCCC(CC)COCCCNS(=O)(=O)c1ccccc1. The van der Waals surface area contributed by atoms with Crippen molar-refractivity contribution >= 4 is 10.0 Å². The summed E-state index contributed by atoms with van der Waals surface area (Å²) in [5.74, 6) is 0.626. The van der Waals surface area contributed by atoms with E-state index in [1.807, 2.05) is 0 Å². The molecular formula is C17H29NO3S. The third-order valence-corrected chi connectivity index (χ3v) is 5.18. The van der Waals surface area contributed by atoms with Crippen LogP contribution in [0, 0.1) is 5.92 Å². The Kier molecular flexibility index (Phi) is 9.36. The minimum atomic E-state index is -3.39. The fraction of sp³-hybridized carbons (Fsp3) is 0.647. The van der Waals surface area contributed by atoms with E-state index < -0.39 is 10.0 Å². The van der Waals surface area contributed by atoms with Crippen molar-refractivity contribution in [2.45, 2.75) is 50.8 Å². The van der Waals surface area contributed by atoms with Gasteiger partial charge in [-0.05, 0) is 30.9 Å². The standard InChI is InChI=1S/C17H29NO3S/c1-3-5-10-16(4-2)15-21-14-9-13-18-22(19,20)17-11-7-6-8-12-17/h6-8,11-12,16,18H,3-5,9-10,13-15H2,1-2H3. The van der Waals surface area contributed by atoms with Crippen molar-refractivity contribution in [3.63, 3.8) is 0 Å². The second-order valence-electron chi connectivity index (χ2n) is 5.56. The molecule has 0 spiro atoms. The van der Waals surface area contributed by atoms with Gasteiger partial charge in [0.25, 0.3) is 0 Å². The second kappa shape index (κ2) is 10.8. The van der Waals surface area contributed by atoms with Crippen LogP contribution in [0.5, 0.6) is 0 Å². The first kappa shape index (κ1) is 19.1. The highest BCUT2D eigenvalue weighted by molar-refractivity contribution is 7.89. The van der Waals surface area contributed by atoms with Crippen molar-refractivity contribution in [3.8, 4) is 0 Å². The zero-order valence-electron chi connectivity index (χ0n) is 13.8. The van der Waals surface area contributed by atoms with Crippen LogP contribution in [0.25, 0.3) is 0 Å². The zero-order chi connectivity index (χ0) is 16.3. The predicted octanol–water partition coefficient (Wildman–Crippen LogP) is 3.59. The van der Waals surface area contributed by atoms with Gasteiger partial charge in [-0.1, -0.05) is 51.3 Å². The zero-order valence-corrected chi connectivity index (χ0v) is 14.6. The molecule has 0 aliphatic heterocycles. The fourth-order valence-electron chi connectivity index (χ4n) is 2.21. The van der Waals surface area contributed by atoms with Crippen LogP contribution in [0.1, 0.15) is 46.0 Å². The Balaban J connectivity index is 2.17. The number of rotatable bonds is 12. The summed E-state index contributed by atoms with van der Waals surface area (Å²) in [6.45, 7) is 6.18. The average Bonchev–Trinajstić information content (AvgIpc) is 2.54. The first-order valence-corrected chi connectivity index (χ1v) is 9.71. The lowest BCUT2D eigenvalue weighted by molar-refractivity contribution is 0.0928. The number of hydrogen-bond acceptors (Lipinski definition) is 3. The summed E-state index contributed by atoms with van der Waals surface area (Å²) in [4.78, 5) is 0.307. The summed E-state index contributed by atoms with van der Waals surface area (Å²) in [6, 6.07) is 8.43. The molecule has 0 heterocycles. The molecule has 1 N–H and O–H groups in total. The van der Waals surface area contributed by atoms with E-state index in [0.717, 1.165) is 13.0 Å². The van der Waals surface area contributed by atoms with E-state index in [4.69, 9.17) is 4.74 Å². The molecular weight excluding hydrogens is 298 g/mol. The third kappa shape index (κ3) is 7.38. The molecule has 0 bridgehead atoms. The lowest BCUT2D eigenvalue weighted by atomic mass is 10.0. The van der Waals surface area contributed by atoms with Crippen molar-refractivity contribution in [1.82, 2.24) is 4.72 Å². The highest BCUT2D eigenvalue weighted by atomic mass is 32.2. The highest BCUT2D eigenvalue weighted by Gasteiger charge is 2.12. The van der Waals surface area contributed by atoms with E-state index in [2.05, 4.69) is 18.6 Å². The fourth-order valence-corrected chi connectivity index (χ4v) is 3.31. The van der Waals surface area contributed by atoms with Crippen molar-refractivity contribution in [3.05, 3.63) is 30.3 Å². The van der Waals surface area contributed by atoms with Crippen molar-refractivity contribution in [1.29, 1.82) is 0 Å². The molecule has 1 unspecified atom stereocenters. The van der Waals surface area contributed by atoms with E-state index in [9.17, 15) is 8.42 Å². The number of unbranched alkanes of at least 4 members (excludes halogenated alkanes) is 1. The van der Waals surface area contributed by atoms with Crippen LogP contribution in [-0.2, 0) is 14.8 Å². The molecule has 0 saturated heterocycles. The van der Waals surface area contributed by atoms with Crippen LogP contribution < -0.4 is 4.72 Å². The number of ether oxygens (including phenoxy) is 1. The summed E-state index contributed by atoms with van der Waals surface area (Å²) in [6.07, 6.45) is 5.51. The Morgan fingerprint density at radius 1 is 1.14 bits per heavy atom. The molecule has 1 aromatic carbocycles. The van der Waals surface area contributed by atoms with E-state index in [1.165, 1.54) is 19.3 Å². The van der Waals surface area contributed by atoms with Gasteiger partial charge in [0.05, 0.1) is 4.90 Å². The summed E-state index contributed by atoms with van der Waals surface area (Å²) in [7, 11) is -3.39. The molecule has 0 amide bonds. The van der Waals surface area contributed by atoms with E-state index in [-0.39, 0.29) is 0 Å². The molecule has 0 fully saturated rings. The van der Waals surface area contributed by atoms with Gasteiger partial charge in [-0.2, -0.15) is 0 Å². The number of sulfonamides is 1. The summed E-state index contributed by atoms with van der Waals surface area (Å²) in [5, 5.41) is 0. The topological polar surface area (TPSA) is 55.4 Å². The molecule has 22 heavy (non-hydrogen) atoms. The normalized spacial score (nSPS) is 13.2. The van der Waals surface area contributed by atoms with Crippen molar-refractivity contribution in [2.24, 2.45) is 5.92 Å². The minimum Gasteiger partial charge on any atom is -0.381 e. The van der Waals surface area contributed by atoms with E-state index in [0.29, 0.717) is 30.4 Å². The van der Waals surface area contributed by atoms with E-state index >= 15 is 0 Å². The van der Waals surface area contributed by atoms with Gasteiger partial charge in [-0.25, -0.2) is 13.1 Å². The Bertz CT molecular complexity index is 488. The Hall–Kier alpha value is -0.910. The van der Waals surface area contributed by atoms with Crippen LogP contribution in [-0.4, -0.2) is 28.2 Å². The van der Waals surface area contributed by atoms with Crippen LogP contribution >= 0.6 is 0 Å². The van der Waals surface area contributed by atoms with Crippen molar-refractivity contribution in [2.75, 3.05) is 19.8 Å². The van der Waals surface area contributed by atoms with Gasteiger partial charge in [0.1, 0.15) is 0 Å². The van der Waals surface area contributed by atoms with Gasteiger partial charge in [-0.3, -0.25) is 0 Å². The molecule has 4 nitrogen and oxygen atoms in total. The maximum Gasteiger partial charge on any atom is 0.240 e. The van der Waals surface area contributed by atoms with Crippen LogP contribution in [0.3, 0.4) is 0 Å². The maximum atomic E-state index is 12.0. The molecule has 1 atom stereocenters. The number of hydrogen-bond donors (Lipinski definition) is 1. The lowest BCUT2D eigenvalue weighted by Gasteiger charge is -2.14. The second-order valence-corrected chi connectivity index (χ2v) is 7.32. The Morgan fingerprint density at radius 3 is 2.50 bits per heavy atom. The van der Waals surface area contributed by atoms with Gasteiger partial charge in [-0.15, -0.1) is 0 Å². The van der Waals surface area contributed by atoms with Gasteiger partial charge >= 0.3 is 0 Å². The monoisotopic (exact) mass is 327 g/mol. The van der Waals surface area contributed by atoms with Crippen LogP contribution in [0.2, 0.25) is 0 Å². The Morgan fingerprint density at radius 2 is 1.86 bits per heavy atom. The van der Waals surface area contributed by atoms with Gasteiger partial charge in [0.2, 0.25) is 10.0 Å². The lowest BCUT2D eigenvalue weighted by Crippen LogP contribution is -2.25. The first-order valence-electron chi connectivity index (χ1n) is 8.22. The average molecular weight is 327 g/mol. The molecule has 126 valence electrons. The molecule has 5 heteroatoms. The maximum absolute atomic E-state index is 12.0. The number of benzene rings is 1. The molecule has 1 rings (SSSR count). The van der Waals surface area contributed by atoms with Gasteiger partial charge in [0.15, 0.2) is 0 Å². The third-order valence-electron chi connectivity index (χ3n) is 3.71. The smallest absolute Gasteiger partial charge is 0.240 e. The van der Waals surface area contributed by atoms with Gasteiger partial charge in [0, 0.05) is 19.8 Å². The molecule has 0 aliphatic rings. The molecule has 0 aliphatic carbocycles.